The number of nitrogens with one attached hydrogen (secondary N) is 1. The van der Waals surface area contributed by atoms with Crippen LogP contribution in [0.2, 0.25) is 0 Å². The van der Waals surface area contributed by atoms with E-state index in [0.29, 0.717) is 50.6 Å². The summed E-state index contributed by atoms with van der Waals surface area (Å²) in [7, 11) is 0. The number of rotatable bonds is 6. The number of nitrogens with zero attached hydrogens (tertiary/aromatic N) is 3. The Hall–Kier alpha value is -4.43. The van der Waals surface area contributed by atoms with Crippen LogP contribution in [0.4, 0.5) is 0 Å². The number of H-pyrrole nitrogens is 1. The molecule has 0 unspecified atom stereocenters. The number of hydrogen-bond donors (Lipinski definition) is 1. The molecule has 1 aromatic heterocycles. The Morgan fingerprint density at radius 1 is 0.970 bits per heavy atom. The lowest BCUT2D eigenvalue weighted by Gasteiger charge is -2.12. The lowest BCUT2D eigenvalue weighted by atomic mass is 9.94. The molecule has 0 atom stereocenters. The van der Waals surface area contributed by atoms with Crippen molar-refractivity contribution >= 4 is 23.2 Å². The quantitative estimate of drug-likeness (QED) is 0.675. The van der Waals surface area contributed by atoms with Crippen molar-refractivity contribution in [1.82, 2.24) is 4.98 Å². The molecule has 0 bridgehead atoms. The molecule has 0 saturated heterocycles. The minimum Gasteiger partial charge on any atom is -0.447 e. The van der Waals surface area contributed by atoms with Crippen molar-refractivity contribution in [1.29, 1.82) is 10.5 Å². The highest BCUT2D eigenvalue weighted by Gasteiger charge is 2.30. The van der Waals surface area contributed by atoms with Crippen LogP contribution in [-0.2, 0) is 14.3 Å². The average molecular weight is 442 g/mol. The van der Waals surface area contributed by atoms with Crippen LogP contribution in [0.15, 0.2) is 52.2 Å². The van der Waals surface area contributed by atoms with Gasteiger partial charge in [-0.1, -0.05) is 30.3 Å². The van der Waals surface area contributed by atoms with Crippen molar-refractivity contribution < 1.29 is 19.1 Å². The summed E-state index contributed by atoms with van der Waals surface area (Å²) >= 11 is 0. The molecule has 1 aliphatic rings. The highest BCUT2D eigenvalue weighted by molar-refractivity contribution is 6.22. The summed E-state index contributed by atoms with van der Waals surface area (Å²) in [4.78, 5) is 33.0. The molecule has 33 heavy (non-hydrogen) atoms. The van der Waals surface area contributed by atoms with E-state index >= 15 is 0 Å². The Bertz CT molecular complexity index is 1300. The second kappa shape index (κ2) is 9.80. The summed E-state index contributed by atoms with van der Waals surface area (Å²) in [5.74, 6) is -1.21. The molecule has 0 radical (unpaired) electrons. The van der Waals surface area contributed by atoms with Crippen LogP contribution in [-0.4, -0.2) is 35.8 Å². The van der Waals surface area contributed by atoms with Crippen molar-refractivity contribution in [3.8, 4) is 12.1 Å². The van der Waals surface area contributed by atoms with Gasteiger partial charge in [-0.2, -0.15) is 10.5 Å². The molecule has 0 amide bonds. The van der Waals surface area contributed by atoms with Gasteiger partial charge in [0.1, 0.15) is 12.1 Å². The van der Waals surface area contributed by atoms with Gasteiger partial charge in [0, 0.05) is 11.3 Å². The van der Waals surface area contributed by atoms with Crippen molar-refractivity contribution in [2.75, 3.05) is 13.2 Å². The summed E-state index contributed by atoms with van der Waals surface area (Å²) in [6, 6.07) is 13.1. The number of benzene rings is 1. The van der Waals surface area contributed by atoms with Gasteiger partial charge in [-0.3, -0.25) is 4.99 Å². The fraction of sp³-hybridized carbons (Fsp3) is 0.240. The minimum atomic E-state index is -0.613. The highest BCUT2D eigenvalue weighted by atomic mass is 16.5. The smallest absolute Gasteiger partial charge is 0.341 e. The minimum absolute atomic E-state index is 0.309. The molecule has 0 spiro atoms. The lowest BCUT2D eigenvalue weighted by molar-refractivity contribution is -0.137. The molecular formula is C25H22N4O4. The third-order valence-corrected chi connectivity index (χ3v) is 5.30. The monoisotopic (exact) mass is 442 g/mol. The molecule has 8 nitrogen and oxygen atoms in total. The molecule has 1 N–H and O–H groups in total. The first-order valence-electron chi connectivity index (χ1n) is 10.2. The summed E-state index contributed by atoms with van der Waals surface area (Å²) in [5, 5.41) is 17.5. The number of aromatic amines is 1. The molecule has 8 heteroatoms. The van der Waals surface area contributed by atoms with Crippen LogP contribution in [0.3, 0.4) is 0 Å². The van der Waals surface area contributed by atoms with Gasteiger partial charge >= 0.3 is 11.9 Å². The zero-order chi connectivity index (χ0) is 24.1. The zero-order valence-corrected chi connectivity index (χ0v) is 18.8. The third-order valence-electron chi connectivity index (χ3n) is 5.30. The Labute approximate surface area is 191 Å². The molecule has 0 aliphatic carbocycles. The second-order valence-corrected chi connectivity index (χ2v) is 7.38. The predicted molar refractivity (Wildman–Crippen MR) is 121 cm³/mol. The molecule has 1 aliphatic heterocycles. The maximum absolute atomic E-state index is 12.6. The average Bonchev–Trinajstić information content (AvgIpc) is 3.26. The van der Waals surface area contributed by atoms with Crippen LogP contribution in [0, 0.1) is 36.5 Å². The number of esters is 2. The van der Waals surface area contributed by atoms with E-state index in [1.807, 2.05) is 30.3 Å². The second-order valence-electron chi connectivity index (χ2n) is 7.38. The van der Waals surface area contributed by atoms with Crippen molar-refractivity contribution in [3.05, 3.63) is 75.3 Å². The molecule has 0 saturated carbocycles. The van der Waals surface area contributed by atoms with E-state index in [4.69, 9.17) is 20.0 Å². The maximum Gasteiger partial charge on any atom is 0.341 e. The fourth-order valence-electron chi connectivity index (χ4n) is 3.89. The number of aryl methyl sites for hydroxylation is 1. The summed E-state index contributed by atoms with van der Waals surface area (Å²) in [6.45, 7) is 6.33. The highest BCUT2D eigenvalue weighted by Crippen LogP contribution is 2.38. The Kier molecular flexibility index (Phi) is 6.90. The number of hydrogen-bond acceptors (Lipinski definition) is 7. The molecule has 0 fully saturated rings. The van der Waals surface area contributed by atoms with E-state index in [9.17, 15) is 9.59 Å². The normalized spacial score (nSPS) is 14.3. The number of carbonyl (C=O) groups excluding carboxylic acids is 2. The number of nitriles is 2. The van der Waals surface area contributed by atoms with Gasteiger partial charge in [-0.15, -0.1) is 0 Å². The van der Waals surface area contributed by atoms with Gasteiger partial charge in [-0.25, -0.2) is 9.59 Å². The Morgan fingerprint density at radius 3 is 2.18 bits per heavy atom. The van der Waals surface area contributed by atoms with Crippen LogP contribution < -0.4 is 0 Å². The number of aliphatic imine (C=N–C) groups is 1. The molecule has 3 rings (SSSR count). The van der Waals surface area contributed by atoms with Gasteiger partial charge in [-0.05, 0) is 44.4 Å². The number of carbonyl (C=O) groups is 2. The van der Waals surface area contributed by atoms with Crippen molar-refractivity contribution in [2.45, 2.75) is 27.7 Å². The van der Waals surface area contributed by atoms with Gasteiger partial charge in [0.25, 0.3) is 0 Å². The number of ether oxygens (including phenoxy) is 2. The van der Waals surface area contributed by atoms with Crippen LogP contribution in [0.1, 0.15) is 46.7 Å². The van der Waals surface area contributed by atoms with Crippen molar-refractivity contribution in [2.24, 2.45) is 4.99 Å². The van der Waals surface area contributed by atoms with E-state index in [0.717, 1.165) is 5.56 Å². The first-order chi connectivity index (χ1) is 15.8. The van der Waals surface area contributed by atoms with Crippen LogP contribution in [0.25, 0.3) is 5.57 Å². The Morgan fingerprint density at radius 2 is 1.58 bits per heavy atom. The third kappa shape index (κ3) is 4.46. The number of allylic oxidation sites excluding steroid dienone is 1. The topological polar surface area (TPSA) is 128 Å². The van der Waals surface area contributed by atoms with Gasteiger partial charge in [0.15, 0.2) is 13.2 Å². The SMILES string of the molecule is CC1=N/C(=C(/c2ccccc2)c2[nH]c(C)c(C(=O)OCC#N)c2C)C(C)=C1C(=O)OCC#N. The number of aromatic nitrogens is 1. The van der Waals surface area contributed by atoms with Gasteiger partial charge < -0.3 is 14.5 Å². The van der Waals surface area contributed by atoms with E-state index in [2.05, 4.69) is 9.98 Å². The lowest BCUT2D eigenvalue weighted by Crippen LogP contribution is -2.13. The van der Waals surface area contributed by atoms with E-state index < -0.39 is 11.9 Å². The summed E-state index contributed by atoms with van der Waals surface area (Å²) in [6.07, 6.45) is 0. The zero-order valence-electron chi connectivity index (χ0n) is 18.8. The predicted octanol–water partition coefficient (Wildman–Crippen LogP) is 3.93. The molecule has 2 heterocycles. The van der Waals surface area contributed by atoms with Gasteiger partial charge in [0.2, 0.25) is 0 Å². The standard InChI is InChI=1S/C25H22N4O4/c1-14-19(24(30)32-12-10-26)16(3)28-22(14)21(18-8-6-5-7-9-18)23-15(2)20(17(4)29-23)25(31)33-13-11-27/h5-9,28H,12-13H2,1-4H3/b23-21-. The first-order valence-corrected chi connectivity index (χ1v) is 10.2. The first kappa shape index (κ1) is 23.2. The Balaban J connectivity index is 2.25. The van der Waals surface area contributed by atoms with E-state index in [1.54, 1.807) is 39.8 Å². The molecular weight excluding hydrogens is 420 g/mol. The largest absolute Gasteiger partial charge is 0.447 e. The molecule has 166 valence electrons. The summed E-state index contributed by atoms with van der Waals surface area (Å²) < 4.78 is 10.0. The van der Waals surface area contributed by atoms with Crippen molar-refractivity contribution in [3.63, 3.8) is 0 Å². The molecule has 2 aromatic rings. The fourth-order valence-corrected chi connectivity index (χ4v) is 3.89. The molecule has 1 aromatic carbocycles. The van der Waals surface area contributed by atoms with Crippen LogP contribution in [0.5, 0.6) is 0 Å². The van der Waals surface area contributed by atoms with E-state index in [1.165, 1.54) is 0 Å². The van der Waals surface area contributed by atoms with E-state index in [-0.39, 0.29) is 13.2 Å². The summed E-state index contributed by atoms with van der Waals surface area (Å²) in [5.41, 5.74) is 5.72. The van der Waals surface area contributed by atoms with Gasteiger partial charge in [0.05, 0.1) is 28.2 Å². The van der Waals surface area contributed by atoms with Crippen LogP contribution >= 0.6 is 0 Å². The maximum atomic E-state index is 12.6.